The number of anilines is 2. The summed E-state index contributed by atoms with van der Waals surface area (Å²) < 4.78 is 0. The molecule has 182 valence electrons. The normalized spacial score (nSPS) is 14.0. The Labute approximate surface area is 208 Å². The zero-order chi connectivity index (χ0) is 25.1. The van der Waals surface area contributed by atoms with E-state index >= 15 is 0 Å². The molecule has 36 heavy (non-hydrogen) atoms. The Hall–Kier alpha value is -4.44. The summed E-state index contributed by atoms with van der Waals surface area (Å²) >= 11 is 0. The maximum Gasteiger partial charge on any atom is 0.257 e. The minimum absolute atomic E-state index is 0.216. The highest BCUT2D eigenvalue weighted by Gasteiger charge is 2.17. The number of likely N-dealkylation sites (N-methyl/N-ethyl adjacent to an activating group) is 1. The lowest BCUT2D eigenvalue weighted by Crippen LogP contribution is -2.44. The van der Waals surface area contributed by atoms with Crippen LogP contribution in [-0.2, 0) is 0 Å². The Morgan fingerprint density at radius 1 is 0.889 bits per heavy atom. The van der Waals surface area contributed by atoms with Gasteiger partial charge in [-0.05, 0) is 37.4 Å². The zero-order valence-electron chi connectivity index (χ0n) is 20.1. The first-order chi connectivity index (χ1) is 17.5. The Kier molecular flexibility index (Phi) is 6.50. The molecule has 10 nitrogen and oxygen atoms in total. The lowest BCUT2D eigenvalue weighted by molar-refractivity contribution is 0.0961. The number of nitrogens with zero attached hydrogens (tertiary/aromatic N) is 6. The van der Waals surface area contributed by atoms with Crippen LogP contribution >= 0.6 is 0 Å². The van der Waals surface area contributed by atoms with Crippen molar-refractivity contribution in [1.82, 2.24) is 30.2 Å². The van der Waals surface area contributed by atoms with Gasteiger partial charge in [0, 0.05) is 80.6 Å². The van der Waals surface area contributed by atoms with E-state index in [1.165, 1.54) is 6.20 Å². The predicted molar refractivity (Wildman–Crippen MR) is 138 cm³/mol. The molecule has 5 heterocycles. The molecule has 4 aromatic heterocycles. The average molecular weight is 483 g/mol. The monoisotopic (exact) mass is 482 g/mol. The van der Waals surface area contributed by atoms with E-state index in [9.17, 15) is 9.59 Å². The van der Waals surface area contributed by atoms with Gasteiger partial charge in [-0.3, -0.25) is 14.6 Å². The van der Waals surface area contributed by atoms with Gasteiger partial charge in [0.05, 0.1) is 16.8 Å². The molecule has 5 rings (SSSR count). The van der Waals surface area contributed by atoms with Gasteiger partial charge in [-0.1, -0.05) is 0 Å². The van der Waals surface area contributed by atoms with Crippen LogP contribution in [0.1, 0.15) is 20.7 Å². The molecule has 4 aromatic rings. The van der Waals surface area contributed by atoms with E-state index < -0.39 is 0 Å². The van der Waals surface area contributed by atoms with Crippen LogP contribution in [0.15, 0.2) is 61.2 Å². The number of hydrogen-bond donors (Lipinski definition) is 2. The molecule has 0 aliphatic carbocycles. The second-order valence-electron chi connectivity index (χ2n) is 8.65. The van der Waals surface area contributed by atoms with Crippen LogP contribution < -0.4 is 15.5 Å². The molecular weight excluding hydrogens is 456 g/mol. The van der Waals surface area contributed by atoms with Gasteiger partial charge in [-0.15, -0.1) is 0 Å². The van der Waals surface area contributed by atoms with Crippen molar-refractivity contribution in [1.29, 1.82) is 0 Å². The van der Waals surface area contributed by atoms with Crippen LogP contribution in [0.25, 0.3) is 22.2 Å². The van der Waals surface area contributed by atoms with Crippen molar-refractivity contribution < 1.29 is 9.59 Å². The number of aromatic nitrogens is 4. The fourth-order valence-electron chi connectivity index (χ4n) is 4.05. The number of hydrogen-bond acceptors (Lipinski definition) is 8. The fraction of sp³-hybridized carbons (Fsp3) is 0.231. The maximum absolute atomic E-state index is 13.0. The van der Waals surface area contributed by atoms with Crippen LogP contribution in [-0.4, -0.2) is 76.9 Å². The van der Waals surface area contributed by atoms with Gasteiger partial charge in [0.1, 0.15) is 11.6 Å². The Balaban J connectivity index is 1.36. The minimum Gasteiger partial charge on any atom is -0.355 e. The number of pyridine rings is 4. The number of rotatable bonds is 5. The van der Waals surface area contributed by atoms with Crippen LogP contribution in [0.3, 0.4) is 0 Å². The van der Waals surface area contributed by atoms with Crippen molar-refractivity contribution in [3.8, 4) is 11.3 Å². The third-order valence-electron chi connectivity index (χ3n) is 6.17. The Morgan fingerprint density at radius 3 is 2.53 bits per heavy atom. The van der Waals surface area contributed by atoms with Crippen LogP contribution in [0.2, 0.25) is 0 Å². The molecule has 1 fully saturated rings. The summed E-state index contributed by atoms with van der Waals surface area (Å²) in [5.74, 6) is 0.706. The number of nitrogens with one attached hydrogen (secondary N) is 2. The highest BCUT2D eigenvalue weighted by Crippen LogP contribution is 2.23. The lowest BCUT2D eigenvalue weighted by Gasteiger charge is -2.33. The number of carbonyl (C=O) groups excluding carboxylic acids is 2. The first-order valence-corrected chi connectivity index (χ1v) is 11.7. The van der Waals surface area contributed by atoms with Crippen molar-refractivity contribution in [2.45, 2.75) is 0 Å². The average Bonchev–Trinajstić information content (AvgIpc) is 2.92. The molecule has 1 aliphatic rings. The van der Waals surface area contributed by atoms with Crippen molar-refractivity contribution >= 4 is 34.4 Å². The van der Waals surface area contributed by atoms with E-state index in [1.54, 1.807) is 43.8 Å². The van der Waals surface area contributed by atoms with E-state index in [0.717, 1.165) is 37.4 Å². The van der Waals surface area contributed by atoms with Gasteiger partial charge in [-0.25, -0.2) is 15.0 Å². The number of fused-ring (bicyclic) bond motifs is 1. The molecule has 0 unspecified atom stereocenters. The lowest BCUT2D eigenvalue weighted by atomic mass is 10.1. The predicted octanol–water partition coefficient (Wildman–Crippen LogP) is 2.45. The molecular formula is C26H26N8O2. The Morgan fingerprint density at radius 2 is 1.72 bits per heavy atom. The Bertz CT molecular complexity index is 1430. The maximum atomic E-state index is 13.0. The molecule has 0 bridgehead atoms. The van der Waals surface area contributed by atoms with E-state index in [2.05, 4.69) is 42.4 Å². The van der Waals surface area contributed by atoms with Crippen LogP contribution in [0, 0.1) is 0 Å². The number of piperazine rings is 1. The summed E-state index contributed by atoms with van der Waals surface area (Å²) in [5, 5.41) is 6.29. The largest absolute Gasteiger partial charge is 0.355 e. The smallest absolute Gasteiger partial charge is 0.257 e. The van der Waals surface area contributed by atoms with Crippen molar-refractivity contribution in [3.05, 3.63) is 72.3 Å². The SMILES string of the molecule is CNC(=O)c1cncc(-c2ccc3cnc(NC(=O)c4ccnc(N5CCN(C)CC5)c4)cc3n2)c1. The van der Waals surface area contributed by atoms with E-state index in [1.807, 2.05) is 18.2 Å². The summed E-state index contributed by atoms with van der Waals surface area (Å²) in [4.78, 5) is 47.1. The molecule has 0 spiro atoms. The topological polar surface area (TPSA) is 116 Å². The van der Waals surface area contributed by atoms with Crippen LogP contribution in [0.4, 0.5) is 11.6 Å². The summed E-state index contributed by atoms with van der Waals surface area (Å²) in [6.45, 7) is 3.66. The quantitative estimate of drug-likeness (QED) is 0.446. The van der Waals surface area contributed by atoms with Gasteiger partial charge in [-0.2, -0.15) is 0 Å². The molecule has 2 N–H and O–H groups in total. The molecule has 0 saturated carbocycles. The van der Waals surface area contributed by atoms with Crippen molar-refractivity contribution in [2.75, 3.05) is 50.5 Å². The second-order valence-corrected chi connectivity index (χ2v) is 8.65. The number of amides is 2. The molecule has 0 radical (unpaired) electrons. The molecule has 10 heteroatoms. The second kappa shape index (κ2) is 10.0. The van der Waals surface area contributed by atoms with E-state index in [4.69, 9.17) is 4.98 Å². The van der Waals surface area contributed by atoms with E-state index in [0.29, 0.717) is 33.7 Å². The van der Waals surface area contributed by atoms with Crippen molar-refractivity contribution in [2.24, 2.45) is 0 Å². The summed E-state index contributed by atoms with van der Waals surface area (Å²) in [6.07, 6.45) is 6.50. The summed E-state index contributed by atoms with van der Waals surface area (Å²) in [5.41, 5.74) is 3.01. The van der Waals surface area contributed by atoms with E-state index in [-0.39, 0.29) is 11.8 Å². The van der Waals surface area contributed by atoms with Crippen molar-refractivity contribution in [3.63, 3.8) is 0 Å². The van der Waals surface area contributed by atoms with Gasteiger partial charge in [0.15, 0.2) is 0 Å². The van der Waals surface area contributed by atoms with Gasteiger partial charge in [0.2, 0.25) is 0 Å². The first-order valence-electron chi connectivity index (χ1n) is 11.7. The highest BCUT2D eigenvalue weighted by atomic mass is 16.2. The standard InChI is InChI=1S/C26H26N8O2/c1-27-25(35)20-11-19(14-28-15-20)21-4-3-18-16-30-23(13-22(18)31-21)32-26(36)17-5-6-29-24(12-17)34-9-7-33(2)8-10-34/h3-6,11-16H,7-10H2,1-2H3,(H,27,35)(H,30,32,36). The summed E-state index contributed by atoms with van der Waals surface area (Å²) in [6, 6.07) is 10.7. The highest BCUT2D eigenvalue weighted by molar-refractivity contribution is 6.04. The molecule has 0 atom stereocenters. The molecule has 0 aromatic carbocycles. The van der Waals surface area contributed by atoms with Crippen LogP contribution in [0.5, 0.6) is 0 Å². The zero-order valence-corrected chi connectivity index (χ0v) is 20.1. The summed E-state index contributed by atoms with van der Waals surface area (Å²) in [7, 11) is 3.67. The fourth-order valence-corrected chi connectivity index (χ4v) is 4.05. The molecule has 2 amide bonds. The third kappa shape index (κ3) is 4.98. The first kappa shape index (κ1) is 23.3. The third-order valence-corrected chi connectivity index (χ3v) is 6.17. The molecule has 1 aliphatic heterocycles. The van der Waals surface area contributed by atoms with Gasteiger partial charge < -0.3 is 20.4 Å². The number of carbonyl (C=O) groups is 2. The van der Waals surface area contributed by atoms with Gasteiger partial charge in [0.25, 0.3) is 11.8 Å². The minimum atomic E-state index is -0.265. The molecule has 1 saturated heterocycles. The van der Waals surface area contributed by atoms with Gasteiger partial charge >= 0.3 is 0 Å².